The van der Waals surface area contributed by atoms with E-state index >= 15 is 0 Å². The lowest BCUT2D eigenvalue weighted by atomic mass is 10.3. The number of sulfonamides is 1. The van der Waals surface area contributed by atoms with Gasteiger partial charge in [0.15, 0.2) is 0 Å². The fraction of sp³-hybridized carbons (Fsp3) is 0.235. The van der Waals surface area contributed by atoms with Crippen LogP contribution in [0.3, 0.4) is 0 Å². The second kappa shape index (κ2) is 8.50. The molecule has 134 valence electrons. The van der Waals surface area contributed by atoms with Gasteiger partial charge < -0.3 is 14.8 Å². The highest BCUT2D eigenvalue weighted by Gasteiger charge is 2.14. The van der Waals surface area contributed by atoms with Gasteiger partial charge in [-0.1, -0.05) is 6.07 Å². The Balaban J connectivity index is 1.86. The van der Waals surface area contributed by atoms with Crippen LogP contribution in [0.4, 0.5) is 5.69 Å². The lowest BCUT2D eigenvalue weighted by molar-refractivity contribution is -0.116. The third-order valence-corrected chi connectivity index (χ3v) is 4.84. The van der Waals surface area contributed by atoms with Crippen molar-refractivity contribution >= 4 is 21.6 Å². The number of carbonyl (C=O) groups excluding carboxylic acids is 1. The van der Waals surface area contributed by atoms with Gasteiger partial charge in [-0.15, -0.1) is 0 Å². The molecule has 0 fully saturated rings. The molecule has 0 unspecified atom stereocenters. The van der Waals surface area contributed by atoms with Crippen molar-refractivity contribution in [1.82, 2.24) is 4.72 Å². The van der Waals surface area contributed by atoms with Gasteiger partial charge in [0.1, 0.15) is 11.5 Å². The number of benzene rings is 2. The average Bonchev–Trinajstić information content (AvgIpc) is 2.61. The molecule has 0 spiro atoms. The number of amides is 1. The topological polar surface area (TPSA) is 93.7 Å². The van der Waals surface area contributed by atoms with Crippen molar-refractivity contribution in [2.45, 2.75) is 11.3 Å². The van der Waals surface area contributed by atoms with Crippen LogP contribution < -0.4 is 19.5 Å². The lowest BCUT2D eigenvalue weighted by Crippen LogP contribution is -2.27. The Kier molecular flexibility index (Phi) is 6.37. The number of carbonyl (C=O) groups is 1. The minimum Gasteiger partial charge on any atom is -0.497 e. The smallest absolute Gasteiger partial charge is 0.240 e. The maximum atomic E-state index is 12.2. The highest BCUT2D eigenvalue weighted by molar-refractivity contribution is 7.89. The number of anilines is 1. The van der Waals surface area contributed by atoms with Gasteiger partial charge in [-0.25, -0.2) is 13.1 Å². The molecule has 0 heterocycles. The predicted octanol–water partition coefficient (Wildman–Crippen LogP) is 2.01. The number of hydrogen-bond donors (Lipinski definition) is 2. The molecule has 0 saturated heterocycles. The van der Waals surface area contributed by atoms with Crippen LogP contribution in [-0.2, 0) is 14.8 Å². The Labute approximate surface area is 147 Å². The maximum absolute atomic E-state index is 12.2. The van der Waals surface area contributed by atoms with Crippen molar-refractivity contribution in [3.8, 4) is 11.5 Å². The second-order valence-corrected chi connectivity index (χ2v) is 6.87. The third-order valence-electron chi connectivity index (χ3n) is 3.37. The van der Waals surface area contributed by atoms with Crippen LogP contribution >= 0.6 is 0 Å². The molecule has 2 N–H and O–H groups in total. The van der Waals surface area contributed by atoms with Crippen LogP contribution in [0, 0.1) is 0 Å². The SMILES string of the molecule is COc1ccc(S(=O)(=O)NCCC(=O)Nc2cccc(OC)c2)cc1. The molecule has 2 rings (SSSR count). The van der Waals surface area contributed by atoms with Crippen LogP contribution in [0.1, 0.15) is 6.42 Å². The molecule has 0 bridgehead atoms. The number of rotatable bonds is 8. The van der Waals surface area contributed by atoms with E-state index in [1.165, 1.54) is 26.4 Å². The van der Waals surface area contributed by atoms with Gasteiger partial charge in [0.2, 0.25) is 15.9 Å². The fourth-order valence-corrected chi connectivity index (χ4v) is 3.09. The van der Waals surface area contributed by atoms with Crippen molar-refractivity contribution < 1.29 is 22.7 Å². The van der Waals surface area contributed by atoms with Crippen molar-refractivity contribution in [3.05, 3.63) is 48.5 Å². The van der Waals surface area contributed by atoms with Crippen LogP contribution in [-0.4, -0.2) is 35.1 Å². The largest absolute Gasteiger partial charge is 0.497 e. The molecule has 25 heavy (non-hydrogen) atoms. The summed E-state index contributed by atoms with van der Waals surface area (Å²) in [5.41, 5.74) is 0.586. The van der Waals surface area contributed by atoms with Crippen LogP contribution in [0.5, 0.6) is 11.5 Å². The molecule has 0 aromatic heterocycles. The Morgan fingerprint density at radius 3 is 2.32 bits per heavy atom. The van der Waals surface area contributed by atoms with Gasteiger partial charge in [-0.3, -0.25) is 4.79 Å². The van der Waals surface area contributed by atoms with Gasteiger partial charge in [-0.2, -0.15) is 0 Å². The number of hydrogen-bond acceptors (Lipinski definition) is 5. The van der Waals surface area contributed by atoms with E-state index in [0.29, 0.717) is 17.2 Å². The molecule has 0 saturated carbocycles. The summed E-state index contributed by atoms with van der Waals surface area (Å²) < 4.78 is 36.8. The molecule has 0 radical (unpaired) electrons. The van der Waals surface area contributed by atoms with Gasteiger partial charge in [-0.05, 0) is 36.4 Å². The highest BCUT2D eigenvalue weighted by Crippen LogP contribution is 2.17. The Morgan fingerprint density at radius 1 is 1.00 bits per heavy atom. The van der Waals surface area contributed by atoms with Crippen molar-refractivity contribution in [2.75, 3.05) is 26.1 Å². The normalized spacial score (nSPS) is 11.0. The first-order valence-electron chi connectivity index (χ1n) is 7.52. The summed E-state index contributed by atoms with van der Waals surface area (Å²) in [4.78, 5) is 12.0. The first-order chi connectivity index (χ1) is 11.9. The average molecular weight is 364 g/mol. The summed E-state index contributed by atoms with van der Waals surface area (Å²) in [7, 11) is -0.631. The number of methoxy groups -OCH3 is 2. The fourth-order valence-electron chi connectivity index (χ4n) is 2.06. The highest BCUT2D eigenvalue weighted by atomic mass is 32.2. The maximum Gasteiger partial charge on any atom is 0.240 e. The summed E-state index contributed by atoms with van der Waals surface area (Å²) in [5, 5.41) is 2.69. The molecule has 8 heteroatoms. The Bertz CT molecular complexity index is 819. The Hall–Kier alpha value is -2.58. The molecular weight excluding hydrogens is 344 g/mol. The first-order valence-corrected chi connectivity index (χ1v) is 9.00. The summed E-state index contributed by atoms with van der Waals surface area (Å²) >= 11 is 0. The molecule has 0 atom stereocenters. The molecule has 2 aromatic rings. The predicted molar refractivity (Wildman–Crippen MR) is 94.4 cm³/mol. The van der Waals surface area contributed by atoms with E-state index in [0.717, 1.165) is 0 Å². The second-order valence-electron chi connectivity index (χ2n) is 5.10. The summed E-state index contributed by atoms with van der Waals surface area (Å²) in [6.07, 6.45) is 0.00654. The van der Waals surface area contributed by atoms with E-state index in [1.54, 1.807) is 36.4 Å². The van der Waals surface area contributed by atoms with E-state index in [2.05, 4.69) is 10.0 Å². The molecule has 2 aromatic carbocycles. The quantitative estimate of drug-likeness (QED) is 0.747. The number of nitrogens with one attached hydrogen (secondary N) is 2. The number of ether oxygens (including phenoxy) is 2. The van der Waals surface area contributed by atoms with E-state index in [-0.39, 0.29) is 23.8 Å². The molecule has 1 amide bonds. The minimum absolute atomic E-state index is 0.00654. The zero-order valence-electron chi connectivity index (χ0n) is 14.0. The summed E-state index contributed by atoms with van der Waals surface area (Å²) in [6.45, 7) is -0.00976. The lowest BCUT2D eigenvalue weighted by Gasteiger charge is -2.09. The van der Waals surface area contributed by atoms with Crippen LogP contribution in [0.2, 0.25) is 0 Å². The van der Waals surface area contributed by atoms with E-state index in [4.69, 9.17) is 9.47 Å². The minimum atomic E-state index is -3.67. The standard InChI is InChI=1S/C17H20N2O5S/c1-23-14-6-8-16(9-7-14)25(21,22)18-11-10-17(20)19-13-4-3-5-15(12-13)24-2/h3-9,12,18H,10-11H2,1-2H3,(H,19,20). The van der Waals surface area contributed by atoms with E-state index in [1.807, 2.05) is 0 Å². The van der Waals surface area contributed by atoms with Gasteiger partial charge in [0.05, 0.1) is 19.1 Å². The van der Waals surface area contributed by atoms with E-state index in [9.17, 15) is 13.2 Å². The zero-order chi connectivity index (χ0) is 18.3. The molecular formula is C17H20N2O5S. The molecule has 7 nitrogen and oxygen atoms in total. The van der Waals surface area contributed by atoms with Crippen LogP contribution in [0.25, 0.3) is 0 Å². The molecule has 0 aliphatic heterocycles. The van der Waals surface area contributed by atoms with Crippen LogP contribution in [0.15, 0.2) is 53.4 Å². The molecule has 0 aliphatic carbocycles. The van der Waals surface area contributed by atoms with Gasteiger partial charge in [0, 0.05) is 24.7 Å². The zero-order valence-corrected chi connectivity index (χ0v) is 14.8. The van der Waals surface area contributed by atoms with E-state index < -0.39 is 10.0 Å². The summed E-state index contributed by atoms with van der Waals surface area (Å²) in [6, 6.07) is 12.9. The first kappa shape index (κ1) is 18.8. The third kappa shape index (κ3) is 5.47. The van der Waals surface area contributed by atoms with Crippen molar-refractivity contribution in [2.24, 2.45) is 0 Å². The molecule has 0 aliphatic rings. The van der Waals surface area contributed by atoms with Crippen molar-refractivity contribution in [1.29, 1.82) is 0 Å². The Morgan fingerprint density at radius 2 is 1.68 bits per heavy atom. The van der Waals surface area contributed by atoms with Gasteiger partial charge >= 0.3 is 0 Å². The summed E-state index contributed by atoms with van der Waals surface area (Å²) in [5.74, 6) is 0.889. The van der Waals surface area contributed by atoms with Gasteiger partial charge in [0.25, 0.3) is 0 Å². The monoisotopic (exact) mass is 364 g/mol. The van der Waals surface area contributed by atoms with Crippen molar-refractivity contribution in [3.63, 3.8) is 0 Å².